The van der Waals surface area contributed by atoms with Crippen LogP contribution in [0.3, 0.4) is 0 Å². The third-order valence-electron chi connectivity index (χ3n) is 3.96. The van der Waals surface area contributed by atoms with Crippen LogP contribution in [0.2, 0.25) is 0 Å². The van der Waals surface area contributed by atoms with Gasteiger partial charge in [-0.1, -0.05) is 21.7 Å². The Morgan fingerprint density at radius 2 is 2.00 bits per heavy atom. The Hall–Kier alpha value is -3.75. The van der Waals surface area contributed by atoms with E-state index < -0.39 is 4.92 Å². The van der Waals surface area contributed by atoms with E-state index in [-0.39, 0.29) is 5.82 Å². The molecule has 0 unspecified atom stereocenters. The molecule has 9 heteroatoms. The number of nitrogens with one attached hydrogen (secondary N) is 1. The highest BCUT2D eigenvalue weighted by molar-refractivity contribution is 5.48. The Labute approximate surface area is 148 Å². The summed E-state index contributed by atoms with van der Waals surface area (Å²) in [7, 11) is 0. The highest BCUT2D eigenvalue weighted by atomic mass is 16.6. The van der Waals surface area contributed by atoms with Crippen molar-refractivity contribution < 1.29 is 4.92 Å². The number of anilines is 1. The van der Waals surface area contributed by atoms with Gasteiger partial charge in [-0.2, -0.15) is 5.10 Å². The van der Waals surface area contributed by atoms with Gasteiger partial charge in [0.2, 0.25) is 5.65 Å². The molecule has 1 N–H and O–H groups in total. The van der Waals surface area contributed by atoms with Gasteiger partial charge in [0.1, 0.15) is 6.20 Å². The fraction of sp³-hybridized carbons (Fsp3) is 0.118. The number of hydrogen-bond donors (Lipinski definition) is 1. The molecule has 4 rings (SSSR count). The molecular formula is C17H15N7O2. The first-order valence-electron chi connectivity index (χ1n) is 8.03. The van der Waals surface area contributed by atoms with Crippen LogP contribution in [0.25, 0.3) is 11.3 Å². The van der Waals surface area contributed by atoms with E-state index in [9.17, 15) is 10.1 Å². The summed E-state index contributed by atoms with van der Waals surface area (Å²) < 4.78 is 3.03. The maximum absolute atomic E-state index is 11.0. The van der Waals surface area contributed by atoms with Crippen LogP contribution in [0.1, 0.15) is 5.56 Å². The van der Waals surface area contributed by atoms with Crippen molar-refractivity contribution >= 4 is 17.3 Å². The standard InChI is InChI=1S/C17H15N7O2/c25-24(26)17-12-19-16-7-6-15(21-23(16)17)18-10-8-13-2-4-14(5-3-13)22-11-1-9-20-22/h1-7,9,11-12H,8,10H2,(H,18,21). The molecule has 0 saturated carbocycles. The fourth-order valence-electron chi connectivity index (χ4n) is 2.65. The van der Waals surface area contributed by atoms with E-state index in [1.54, 1.807) is 23.0 Å². The summed E-state index contributed by atoms with van der Waals surface area (Å²) in [6, 6.07) is 13.5. The second-order valence-corrected chi connectivity index (χ2v) is 5.66. The van der Waals surface area contributed by atoms with Gasteiger partial charge < -0.3 is 15.4 Å². The van der Waals surface area contributed by atoms with Crippen LogP contribution >= 0.6 is 0 Å². The molecule has 3 aromatic heterocycles. The molecule has 0 saturated heterocycles. The van der Waals surface area contributed by atoms with Crippen molar-refractivity contribution in [3.8, 4) is 5.69 Å². The van der Waals surface area contributed by atoms with Crippen molar-refractivity contribution in [1.29, 1.82) is 0 Å². The zero-order chi connectivity index (χ0) is 17.9. The molecule has 0 spiro atoms. The van der Waals surface area contributed by atoms with Gasteiger partial charge in [0, 0.05) is 25.0 Å². The second kappa shape index (κ2) is 6.63. The average Bonchev–Trinajstić information content (AvgIpc) is 3.32. The second-order valence-electron chi connectivity index (χ2n) is 5.66. The van der Waals surface area contributed by atoms with E-state index in [0.29, 0.717) is 18.0 Å². The molecule has 9 nitrogen and oxygen atoms in total. The summed E-state index contributed by atoms with van der Waals surface area (Å²) >= 11 is 0. The molecule has 0 bridgehead atoms. The lowest BCUT2D eigenvalue weighted by molar-refractivity contribution is -0.391. The quantitative estimate of drug-likeness (QED) is 0.424. The maximum Gasteiger partial charge on any atom is 0.368 e. The lowest BCUT2D eigenvalue weighted by atomic mass is 10.1. The Kier molecular flexibility index (Phi) is 4.02. The van der Waals surface area contributed by atoms with Gasteiger partial charge in [-0.3, -0.25) is 0 Å². The van der Waals surface area contributed by atoms with Crippen LogP contribution in [0.4, 0.5) is 11.6 Å². The van der Waals surface area contributed by atoms with Gasteiger partial charge >= 0.3 is 5.82 Å². The number of rotatable bonds is 6. The zero-order valence-corrected chi connectivity index (χ0v) is 13.7. The normalized spacial score (nSPS) is 10.9. The number of aromatic nitrogens is 5. The molecule has 0 radical (unpaired) electrons. The van der Waals surface area contributed by atoms with E-state index in [0.717, 1.165) is 12.1 Å². The van der Waals surface area contributed by atoms with Crippen LogP contribution in [0, 0.1) is 10.1 Å². The molecule has 0 aliphatic carbocycles. The minimum Gasteiger partial charge on any atom is -0.367 e. The molecule has 0 atom stereocenters. The van der Waals surface area contributed by atoms with Crippen molar-refractivity contribution in [1.82, 2.24) is 24.4 Å². The first kappa shape index (κ1) is 15.8. The van der Waals surface area contributed by atoms with Gasteiger partial charge in [0.25, 0.3) is 0 Å². The highest BCUT2D eigenvalue weighted by Crippen LogP contribution is 2.15. The van der Waals surface area contributed by atoms with Crippen molar-refractivity contribution in [2.24, 2.45) is 0 Å². The van der Waals surface area contributed by atoms with Gasteiger partial charge in [-0.05, 0) is 41.2 Å². The Morgan fingerprint density at radius 3 is 2.73 bits per heavy atom. The number of imidazole rings is 1. The summed E-state index contributed by atoms with van der Waals surface area (Å²) in [6.45, 7) is 0.655. The summed E-state index contributed by atoms with van der Waals surface area (Å²) in [6.07, 6.45) is 5.64. The molecule has 0 fully saturated rings. The predicted octanol–water partition coefficient (Wildman–Crippen LogP) is 2.48. The van der Waals surface area contributed by atoms with Crippen LogP contribution in [0.15, 0.2) is 61.1 Å². The minimum atomic E-state index is -0.502. The molecule has 1 aromatic carbocycles. The summed E-state index contributed by atoms with van der Waals surface area (Å²) in [4.78, 5) is 14.4. The van der Waals surface area contributed by atoms with Crippen LogP contribution in [0.5, 0.6) is 0 Å². The molecule has 0 amide bonds. The zero-order valence-electron chi connectivity index (χ0n) is 13.7. The Bertz CT molecular complexity index is 1040. The van der Waals surface area contributed by atoms with Crippen LogP contribution in [-0.2, 0) is 6.42 Å². The third kappa shape index (κ3) is 3.09. The van der Waals surface area contributed by atoms with Gasteiger partial charge in [-0.15, -0.1) is 0 Å². The van der Waals surface area contributed by atoms with E-state index in [1.165, 1.54) is 16.3 Å². The highest BCUT2D eigenvalue weighted by Gasteiger charge is 2.15. The maximum atomic E-state index is 11.0. The van der Waals surface area contributed by atoms with Crippen molar-refractivity contribution in [2.75, 3.05) is 11.9 Å². The average molecular weight is 349 g/mol. The lowest BCUT2D eigenvalue weighted by Gasteiger charge is -2.06. The van der Waals surface area contributed by atoms with Crippen molar-refractivity contribution in [3.05, 3.63) is 76.7 Å². The lowest BCUT2D eigenvalue weighted by Crippen LogP contribution is -2.08. The van der Waals surface area contributed by atoms with Crippen molar-refractivity contribution in [2.45, 2.75) is 6.42 Å². The van der Waals surface area contributed by atoms with Crippen molar-refractivity contribution in [3.63, 3.8) is 0 Å². The summed E-state index contributed by atoms with van der Waals surface area (Å²) in [5.41, 5.74) is 2.62. The fourth-order valence-corrected chi connectivity index (χ4v) is 2.65. The Morgan fingerprint density at radius 1 is 1.15 bits per heavy atom. The molecule has 3 heterocycles. The summed E-state index contributed by atoms with van der Waals surface area (Å²) in [5, 5.41) is 22.6. The van der Waals surface area contributed by atoms with E-state index in [2.05, 4.69) is 32.6 Å². The van der Waals surface area contributed by atoms with Crippen LogP contribution < -0.4 is 5.32 Å². The molecule has 130 valence electrons. The molecule has 26 heavy (non-hydrogen) atoms. The molecule has 0 aliphatic rings. The van der Waals surface area contributed by atoms with Crippen LogP contribution in [-0.4, -0.2) is 35.8 Å². The number of benzene rings is 1. The first-order chi connectivity index (χ1) is 12.7. The number of nitrogens with zero attached hydrogens (tertiary/aromatic N) is 6. The number of hydrogen-bond acceptors (Lipinski definition) is 6. The Balaban J connectivity index is 1.40. The molecular weight excluding hydrogens is 334 g/mol. The topological polar surface area (TPSA) is 103 Å². The number of nitro groups is 1. The van der Waals surface area contributed by atoms with Gasteiger partial charge in [0.05, 0.1) is 5.69 Å². The van der Waals surface area contributed by atoms with E-state index in [4.69, 9.17) is 0 Å². The van der Waals surface area contributed by atoms with Gasteiger partial charge in [-0.25, -0.2) is 9.67 Å². The summed E-state index contributed by atoms with van der Waals surface area (Å²) in [5.74, 6) is 0.407. The SMILES string of the molecule is O=[N+]([O-])c1cnc2ccc(NCCc3ccc(-n4cccn4)cc3)nn12. The van der Waals surface area contributed by atoms with E-state index in [1.807, 2.05) is 24.4 Å². The first-order valence-corrected chi connectivity index (χ1v) is 8.03. The van der Waals surface area contributed by atoms with Gasteiger partial charge in [0.15, 0.2) is 5.82 Å². The number of fused-ring (bicyclic) bond motifs is 1. The smallest absolute Gasteiger partial charge is 0.367 e. The monoisotopic (exact) mass is 349 g/mol. The predicted molar refractivity (Wildman–Crippen MR) is 95.4 cm³/mol. The molecule has 0 aliphatic heterocycles. The third-order valence-corrected chi connectivity index (χ3v) is 3.96. The largest absolute Gasteiger partial charge is 0.368 e. The molecule has 4 aromatic rings. The van der Waals surface area contributed by atoms with E-state index >= 15 is 0 Å². The minimum absolute atomic E-state index is 0.155.